The van der Waals surface area contributed by atoms with E-state index >= 15 is 0 Å². The molecular formula is C22H18N4O2S. The van der Waals surface area contributed by atoms with Crippen LogP contribution in [0.25, 0.3) is 22.2 Å². The number of nitriles is 1. The maximum atomic E-state index is 13.3. The quantitative estimate of drug-likeness (QED) is 0.388. The van der Waals surface area contributed by atoms with Gasteiger partial charge in [0.2, 0.25) is 0 Å². The van der Waals surface area contributed by atoms with Gasteiger partial charge in [0.15, 0.2) is 5.16 Å². The van der Waals surface area contributed by atoms with Gasteiger partial charge in [-0.15, -0.1) is 0 Å². The fourth-order valence-corrected chi connectivity index (χ4v) is 3.82. The lowest BCUT2D eigenvalue weighted by Crippen LogP contribution is -2.24. The number of aromatic amines is 1. The van der Waals surface area contributed by atoms with Crippen LogP contribution in [0.2, 0.25) is 0 Å². The lowest BCUT2D eigenvalue weighted by molar-refractivity contribution is 0.414. The van der Waals surface area contributed by atoms with E-state index < -0.39 is 0 Å². The smallest absolute Gasteiger partial charge is 0.278 e. The maximum absolute atomic E-state index is 13.3. The first-order valence-electron chi connectivity index (χ1n) is 9.01. The van der Waals surface area contributed by atoms with E-state index in [9.17, 15) is 4.79 Å². The summed E-state index contributed by atoms with van der Waals surface area (Å²) in [6.07, 6.45) is 1.81. The lowest BCUT2D eigenvalue weighted by atomic mass is 10.1. The fourth-order valence-electron chi connectivity index (χ4n) is 3.17. The van der Waals surface area contributed by atoms with Gasteiger partial charge in [0.25, 0.3) is 5.56 Å². The number of ether oxygens (including phenoxy) is 1. The Balaban J connectivity index is 1.83. The first-order valence-corrected chi connectivity index (χ1v) is 10.00. The molecule has 144 valence electrons. The molecule has 0 aliphatic carbocycles. The molecule has 1 N–H and O–H groups in total. The number of hydrogen-bond acceptors (Lipinski definition) is 5. The van der Waals surface area contributed by atoms with E-state index in [0.29, 0.717) is 22.7 Å². The normalized spacial score (nSPS) is 10.8. The van der Waals surface area contributed by atoms with E-state index in [2.05, 4.69) is 11.1 Å². The molecule has 2 aromatic carbocycles. The summed E-state index contributed by atoms with van der Waals surface area (Å²) in [5.74, 6) is 0.969. The summed E-state index contributed by atoms with van der Waals surface area (Å²) in [7, 11) is 1.61. The van der Waals surface area contributed by atoms with Crippen LogP contribution in [-0.2, 0) is 6.54 Å². The highest BCUT2D eigenvalue weighted by Crippen LogP contribution is 2.28. The van der Waals surface area contributed by atoms with Crippen LogP contribution >= 0.6 is 11.8 Å². The van der Waals surface area contributed by atoms with Gasteiger partial charge in [0.05, 0.1) is 25.5 Å². The topological polar surface area (TPSA) is 83.7 Å². The van der Waals surface area contributed by atoms with Crippen molar-refractivity contribution >= 4 is 22.8 Å². The second kappa shape index (κ2) is 8.25. The average Bonchev–Trinajstić information content (AvgIpc) is 3.19. The van der Waals surface area contributed by atoms with Crippen LogP contribution in [0.5, 0.6) is 5.75 Å². The van der Waals surface area contributed by atoms with Crippen molar-refractivity contribution in [3.63, 3.8) is 0 Å². The molecule has 0 aliphatic rings. The summed E-state index contributed by atoms with van der Waals surface area (Å²) in [6, 6.07) is 19.5. The number of methoxy groups -OCH3 is 1. The van der Waals surface area contributed by atoms with E-state index in [4.69, 9.17) is 15.0 Å². The molecule has 4 aromatic rings. The van der Waals surface area contributed by atoms with Crippen molar-refractivity contribution in [2.24, 2.45) is 0 Å². The zero-order chi connectivity index (χ0) is 20.2. The molecule has 2 heterocycles. The van der Waals surface area contributed by atoms with E-state index in [-0.39, 0.29) is 11.3 Å². The molecule has 29 heavy (non-hydrogen) atoms. The van der Waals surface area contributed by atoms with Crippen LogP contribution in [0.1, 0.15) is 5.56 Å². The zero-order valence-electron chi connectivity index (χ0n) is 15.8. The predicted molar refractivity (Wildman–Crippen MR) is 114 cm³/mol. The molecule has 0 saturated heterocycles. The maximum Gasteiger partial charge on any atom is 0.278 e. The van der Waals surface area contributed by atoms with E-state index in [1.165, 1.54) is 11.8 Å². The van der Waals surface area contributed by atoms with Gasteiger partial charge in [-0.2, -0.15) is 5.26 Å². The molecule has 0 aliphatic heterocycles. The monoisotopic (exact) mass is 402 g/mol. The van der Waals surface area contributed by atoms with Gasteiger partial charge in [-0.25, -0.2) is 4.98 Å². The minimum atomic E-state index is -0.159. The highest BCUT2D eigenvalue weighted by atomic mass is 32.2. The van der Waals surface area contributed by atoms with Crippen molar-refractivity contribution in [1.82, 2.24) is 14.5 Å². The highest BCUT2D eigenvalue weighted by molar-refractivity contribution is 7.99. The Morgan fingerprint density at radius 1 is 1.17 bits per heavy atom. The Kier molecular flexibility index (Phi) is 5.36. The molecular weight excluding hydrogens is 384 g/mol. The van der Waals surface area contributed by atoms with Gasteiger partial charge in [0.1, 0.15) is 16.8 Å². The third kappa shape index (κ3) is 3.75. The second-order valence-corrected chi connectivity index (χ2v) is 7.32. The molecule has 0 unspecified atom stereocenters. The van der Waals surface area contributed by atoms with Crippen LogP contribution in [0.15, 0.2) is 70.7 Å². The van der Waals surface area contributed by atoms with E-state index in [0.717, 1.165) is 22.4 Å². The first-order chi connectivity index (χ1) is 14.2. The standard InChI is InChI=1S/C22H18N4O2S/c1-28-17-9-7-15(8-10-17)14-26-21(27)20-19(25-22(26)29-12-11-23)18(13-24-20)16-5-3-2-4-6-16/h2-10,13,24H,12,14H2,1H3. The Bertz CT molecular complexity index is 1240. The van der Waals surface area contributed by atoms with Crippen LogP contribution in [0.4, 0.5) is 0 Å². The van der Waals surface area contributed by atoms with Crippen molar-refractivity contribution in [3.8, 4) is 22.9 Å². The second-order valence-electron chi connectivity index (χ2n) is 6.37. The number of hydrogen-bond donors (Lipinski definition) is 1. The summed E-state index contributed by atoms with van der Waals surface area (Å²) < 4.78 is 6.80. The van der Waals surface area contributed by atoms with Gasteiger partial charge < -0.3 is 9.72 Å². The van der Waals surface area contributed by atoms with E-state index in [1.807, 2.05) is 60.8 Å². The molecule has 4 rings (SSSR count). The van der Waals surface area contributed by atoms with Crippen LogP contribution in [0, 0.1) is 11.3 Å². The number of nitrogens with one attached hydrogen (secondary N) is 1. The van der Waals surface area contributed by atoms with Gasteiger partial charge in [0, 0.05) is 11.8 Å². The Labute approximate surface area is 171 Å². The highest BCUT2D eigenvalue weighted by Gasteiger charge is 2.17. The molecule has 0 atom stereocenters. The molecule has 2 aromatic heterocycles. The van der Waals surface area contributed by atoms with Gasteiger partial charge in [-0.3, -0.25) is 9.36 Å². The summed E-state index contributed by atoms with van der Waals surface area (Å²) in [4.78, 5) is 21.1. The molecule has 0 amide bonds. The number of nitrogens with zero attached hydrogens (tertiary/aromatic N) is 3. The van der Waals surface area contributed by atoms with Gasteiger partial charge in [-0.1, -0.05) is 54.2 Å². The van der Waals surface area contributed by atoms with Crippen molar-refractivity contribution in [1.29, 1.82) is 5.26 Å². The fraction of sp³-hybridized carbons (Fsp3) is 0.136. The zero-order valence-corrected chi connectivity index (χ0v) is 16.6. The summed E-state index contributed by atoms with van der Waals surface area (Å²) in [5, 5.41) is 9.56. The van der Waals surface area contributed by atoms with Gasteiger partial charge in [-0.05, 0) is 23.3 Å². The number of aromatic nitrogens is 3. The first kappa shape index (κ1) is 18.8. The number of rotatable bonds is 6. The van der Waals surface area contributed by atoms with Crippen LogP contribution in [0.3, 0.4) is 0 Å². The molecule has 6 nitrogen and oxygen atoms in total. The summed E-state index contributed by atoms with van der Waals surface area (Å²) in [5.41, 5.74) is 3.71. The Morgan fingerprint density at radius 3 is 2.62 bits per heavy atom. The van der Waals surface area contributed by atoms with Crippen molar-refractivity contribution < 1.29 is 4.74 Å². The SMILES string of the molecule is COc1ccc(Cn2c(SCC#N)nc3c(-c4ccccc4)c[nH]c3c2=O)cc1. The number of fused-ring (bicyclic) bond motifs is 1. The predicted octanol–water partition coefficient (Wildman–Crippen LogP) is 4.06. The van der Waals surface area contributed by atoms with Crippen LogP contribution in [-0.4, -0.2) is 27.4 Å². The molecule has 7 heteroatoms. The molecule has 0 spiro atoms. The molecule has 0 saturated carbocycles. The summed E-state index contributed by atoms with van der Waals surface area (Å²) in [6.45, 7) is 0.360. The van der Waals surface area contributed by atoms with Crippen molar-refractivity contribution in [2.45, 2.75) is 11.7 Å². The van der Waals surface area contributed by atoms with Crippen molar-refractivity contribution in [2.75, 3.05) is 12.9 Å². The third-order valence-corrected chi connectivity index (χ3v) is 5.44. The molecule has 0 fully saturated rings. The Morgan fingerprint density at radius 2 is 1.93 bits per heavy atom. The Hall–Kier alpha value is -3.50. The average molecular weight is 402 g/mol. The van der Waals surface area contributed by atoms with Crippen LogP contribution < -0.4 is 10.3 Å². The molecule has 0 bridgehead atoms. The molecule has 0 radical (unpaired) electrons. The van der Waals surface area contributed by atoms with Crippen molar-refractivity contribution in [3.05, 3.63) is 76.7 Å². The minimum absolute atomic E-state index is 0.159. The third-order valence-electron chi connectivity index (χ3n) is 4.60. The minimum Gasteiger partial charge on any atom is -0.497 e. The number of benzene rings is 2. The summed E-state index contributed by atoms with van der Waals surface area (Å²) >= 11 is 1.26. The largest absolute Gasteiger partial charge is 0.497 e. The van der Waals surface area contributed by atoms with Gasteiger partial charge >= 0.3 is 0 Å². The number of H-pyrrole nitrogens is 1. The lowest BCUT2D eigenvalue weighted by Gasteiger charge is -2.12. The van der Waals surface area contributed by atoms with E-state index in [1.54, 1.807) is 11.7 Å². The number of thioether (sulfide) groups is 1.